The van der Waals surface area contributed by atoms with Crippen molar-refractivity contribution in [3.8, 4) is 17.6 Å². The number of nitrogens with two attached hydrogens (primary N) is 1. The molecule has 0 saturated heterocycles. The first-order valence-corrected chi connectivity index (χ1v) is 9.87. The molecule has 0 unspecified atom stereocenters. The zero-order valence-corrected chi connectivity index (χ0v) is 17.7. The second-order valence-corrected chi connectivity index (χ2v) is 6.92. The van der Waals surface area contributed by atoms with Gasteiger partial charge in [0.15, 0.2) is 0 Å². The van der Waals surface area contributed by atoms with E-state index in [1.54, 1.807) is 36.2 Å². The third-order valence-corrected chi connectivity index (χ3v) is 4.57. The molecule has 1 aliphatic rings. The van der Waals surface area contributed by atoms with Gasteiger partial charge in [-0.3, -0.25) is 14.7 Å². The molecule has 0 bridgehead atoms. The van der Waals surface area contributed by atoms with Crippen LogP contribution in [0.5, 0.6) is 5.75 Å². The third-order valence-electron chi connectivity index (χ3n) is 4.57. The highest BCUT2D eigenvalue weighted by molar-refractivity contribution is 5.95. The van der Waals surface area contributed by atoms with Gasteiger partial charge in [0.05, 0.1) is 18.7 Å². The summed E-state index contributed by atoms with van der Waals surface area (Å²) in [6, 6.07) is 14.6. The van der Waals surface area contributed by atoms with Gasteiger partial charge >= 0.3 is 5.97 Å². The highest BCUT2D eigenvalue weighted by atomic mass is 16.5. The van der Waals surface area contributed by atoms with Crippen LogP contribution in [0, 0.1) is 11.8 Å². The van der Waals surface area contributed by atoms with E-state index in [9.17, 15) is 14.4 Å². The number of ether oxygens (including phenoxy) is 1. The average Bonchev–Trinajstić information content (AvgIpc) is 3.22. The SMILES string of the molecule is CN1C(=O)CCOc2ccccc21.NC(=O)c1n[nH]c(Cc2ccc(C#CC(=O)O)cc2)n1. The van der Waals surface area contributed by atoms with E-state index in [0.29, 0.717) is 30.8 Å². The maximum atomic E-state index is 11.4. The fourth-order valence-corrected chi connectivity index (χ4v) is 2.92. The molecule has 10 heteroatoms. The number of benzene rings is 2. The number of rotatable bonds is 3. The minimum absolute atomic E-state index is 0.0519. The first kappa shape index (κ1) is 23.0. The van der Waals surface area contributed by atoms with Crippen LogP contribution in [0.25, 0.3) is 0 Å². The van der Waals surface area contributed by atoms with Crippen molar-refractivity contribution in [2.75, 3.05) is 18.6 Å². The summed E-state index contributed by atoms with van der Waals surface area (Å²) in [5.74, 6) is 4.04. The normalized spacial score (nSPS) is 12.2. The maximum Gasteiger partial charge on any atom is 0.382 e. The van der Waals surface area contributed by atoms with Crippen LogP contribution in [0.1, 0.15) is 34.0 Å². The topological polar surface area (TPSA) is 152 Å². The molecule has 2 aromatic carbocycles. The molecule has 2 amide bonds. The van der Waals surface area contributed by atoms with Gasteiger partial charge in [-0.15, -0.1) is 5.10 Å². The Labute approximate surface area is 189 Å². The fraction of sp³-hybridized carbons (Fsp3) is 0.174. The summed E-state index contributed by atoms with van der Waals surface area (Å²) in [7, 11) is 1.77. The summed E-state index contributed by atoms with van der Waals surface area (Å²) >= 11 is 0. The van der Waals surface area contributed by atoms with Crippen LogP contribution in [0.2, 0.25) is 0 Å². The molecular formula is C23H21N5O5. The zero-order chi connectivity index (χ0) is 23.8. The van der Waals surface area contributed by atoms with E-state index in [1.165, 1.54) is 0 Å². The molecule has 2 heterocycles. The van der Waals surface area contributed by atoms with E-state index >= 15 is 0 Å². The molecule has 0 radical (unpaired) electrons. The second kappa shape index (κ2) is 10.6. The van der Waals surface area contributed by atoms with Crippen molar-refractivity contribution < 1.29 is 24.2 Å². The lowest BCUT2D eigenvalue weighted by Gasteiger charge is -2.15. The lowest BCUT2D eigenvalue weighted by atomic mass is 10.1. The number of H-pyrrole nitrogens is 1. The largest absolute Gasteiger partial charge is 0.491 e. The molecule has 0 aliphatic carbocycles. The van der Waals surface area contributed by atoms with E-state index in [2.05, 4.69) is 21.1 Å². The quantitative estimate of drug-likeness (QED) is 0.513. The van der Waals surface area contributed by atoms with Gasteiger partial charge in [-0.25, -0.2) is 9.78 Å². The Morgan fingerprint density at radius 2 is 1.94 bits per heavy atom. The van der Waals surface area contributed by atoms with Crippen LogP contribution in [-0.4, -0.2) is 51.7 Å². The smallest absolute Gasteiger partial charge is 0.382 e. The minimum atomic E-state index is -1.17. The molecule has 0 spiro atoms. The van der Waals surface area contributed by atoms with Crippen molar-refractivity contribution in [3.63, 3.8) is 0 Å². The summed E-state index contributed by atoms with van der Waals surface area (Å²) < 4.78 is 5.43. The molecular weight excluding hydrogens is 426 g/mol. The van der Waals surface area contributed by atoms with Gasteiger partial charge < -0.3 is 20.5 Å². The summed E-state index contributed by atoms with van der Waals surface area (Å²) in [5.41, 5.74) is 7.42. The van der Waals surface area contributed by atoms with Gasteiger partial charge in [0, 0.05) is 25.0 Å². The molecule has 10 nitrogen and oxygen atoms in total. The number of amides is 2. The number of fused-ring (bicyclic) bond motifs is 1. The number of carboxylic acids is 1. The first-order valence-electron chi connectivity index (χ1n) is 9.87. The van der Waals surface area contributed by atoms with Gasteiger partial charge in [0.25, 0.3) is 5.91 Å². The predicted octanol–water partition coefficient (Wildman–Crippen LogP) is 1.36. The highest BCUT2D eigenvalue weighted by Crippen LogP contribution is 2.29. The molecule has 0 atom stereocenters. The first-order chi connectivity index (χ1) is 15.8. The van der Waals surface area contributed by atoms with Crippen LogP contribution in [0.4, 0.5) is 5.69 Å². The van der Waals surface area contributed by atoms with E-state index in [-0.39, 0.29) is 11.7 Å². The number of aromatic amines is 1. The fourth-order valence-electron chi connectivity index (χ4n) is 2.92. The summed E-state index contributed by atoms with van der Waals surface area (Å²) in [4.78, 5) is 38.2. The molecule has 33 heavy (non-hydrogen) atoms. The van der Waals surface area contributed by atoms with Crippen molar-refractivity contribution in [3.05, 3.63) is 71.3 Å². The molecule has 168 valence electrons. The van der Waals surface area contributed by atoms with Crippen LogP contribution >= 0.6 is 0 Å². The molecule has 0 saturated carbocycles. The number of para-hydroxylation sites is 2. The van der Waals surface area contributed by atoms with Gasteiger partial charge in [-0.05, 0) is 29.8 Å². The highest BCUT2D eigenvalue weighted by Gasteiger charge is 2.18. The molecule has 4 N–H and O–H groups in total. The zero-order valence-electron chi connectivity index (χ0n) is 17.7. The predicted molar refractivity (Wildman–Crippen MR) is 119 cm³/mol. The molecule has 4 rings (SSSR count). The third kappa shape index (κ3) is 6.41. The van der Waals surface area contributed by atoms with Crippen LogP contribution in [-0.2, 0) is 16.0 Å². The van der Waals surface area contributed by atoms with E-state index < -0.39 is 11.9 Å². The Hall–Kier alpha value is -4.65. The second-order valence-electron chi connectivity index (χ2n) is 6.92. The van der Waals surface area contributed by atoms with Crippen LogP contribution in [0.15, 0.2) is 48.5 Å². The molecule has 0 fully saturated rings. The summed E-state index contributed by atoms with van der Waals surface area (Å²) in [5, 5.41) is 14.7. The number of carboxylic acid groups (broad SMARTS) is 1. The Balaban J connectivity index is 0.000000203. The number of carbonyl (C=O) groups excluding carboxylic acids is 2. The number of hydrogen-bond acceptors (Lipinski definition) is 6. The van der Waals surface area contributed by atoms with Crippen LogP contribution in [0.3, 0.4) is 0 Å². The average molecular weight is 447 g/mol. The molecule has 3 aromatic rings. The number of primary amides is 1. The van der Waals surface area contributed by atoms with Crippen LogP contribution < -0.4 is 15.4 Å². The number of nitrogens with one attached hydrogen (secondary N) is 1. The van der Waals surface area contributed by atoms with Crippen molar-refractivity contribution >= 4 is 23.5 Å². The maximum absolute atomic E-state index is 11.4. The molecule has 1 aliphatic heterocycles. The number of hydrogen-bond donors (Lipinski definition) is 3. The summed E-state index contributed by atoms with van der Waals surface area (Å²) in [6.07, 6.45) is 0.901. The number of nitrogens with zero attached hydrogens (tertiary/aromatic N) is 3. The van der Waals surface area contributed by atoms with E-state index in [1.807, 2.05) is 30.2 Å². The van der Waals surface area contributed by atoms with Crippen molar-refractivity contribution in [2.45, 2.75) is 12.8 Å². The number of carbonyl (C=O) groups is 3. The Kier molecular flexibility index (Phi) is 7.39. The minimum Gasteiger partial charge on any atom is -0.491 e. The Morgan fingerprint density at radius 1 is 1.21 bits per heavy atom. The number of aromatic nitrogens is 3. The van der Waals surface area contributed by atoms with Crippen molar-refractivity contribution in [1.82, 2.24) is 15.2 Å². The Bertz CT molecular complexity index is 1220. The van der Waals surface area contributed by atoms with Gasteiger partial charge in [0.1, 0.15) is 11.6 Å². The lowest BCUT2D eigenvalue weighted by molar-refractivity contribution is -0.130. The van der Waals surface area contributed by atoms with E-state index in [0.717, 1.165) is 17.0 Å². The summed E-state index contributed by atoms with van der Waals surface area (Å²) in [6.45, 7) is 0.472. The number of aliphatic carboxylic acids is 1. The Morgan fingerprint density at radius 3 is 2.61 bits per heavy atom. The van der Waals surface area contributed by atoms with Gasteiger partial charge in [-0.1, -0.05) is 30.2 Å². The van der Waals surface area contributed by atoms with Crippen molar-refractivity contribution in [2.24, 2.45) is 5.73 Å². The van der Waals surface area contributed by atoms with Gasteiger partial charge in [-0.2, -0.15) is 0 Å². The van der Waals surface area contributed by atoms with E-state index in [4.69, 9.17) is 15.6 Å². The molecule has 1 aromatic heterocycles. The number of anilines is 1. The monoisotopic (exact) mass is 447 g/mol. The standard InChI is InChI=1S/C13H10N4O3.C10H11NO2/c14-12(20)13-15-10(16-17-13)7-9-3-1-8(2-4-9)5-6-11(18)19;1-11-8-4-2-3-5-9(8)13-7-6-10(11)12/h1-4H,7H2,(H2,14,20)(H,18,19)(H,15,16,17);2-5H,6-7H2,1H3. The van der Waals surface area contributed by atoms with Crippen molar-refractivity contribution in [1.29, 1.82) is 0 Å². The lowest BCUT2D eigenvalue weighted by Crippen LogP contribution is -2.24. The van der Waals surface area contributed by atoms with Gasteiger partial charge in [0.2, 0.25) is 11.7 Å².